The van der Waals surface area contributed by atoms with E-state index in [1.807, 2.05) is 24.8 Å². The average Bonchev–Trinajstić information content (AvgIpc) is 3.60. The van der Waals surface area contributed by atoms with Gasteiger partial charge in [0.05, 0.1) is 12.6 Å². The van der Waals surface area contributed by atoms with Crippen LogP contribution in [0.1, 0.15) is 69.0 Å². The number of hydrogen-bond acceptors (Lipinski definition) is 4. The highest BCUT2D eigenvalue weighted by Crippen LogP contribution is 2.24. The Hall–Kier alpha value is -2.90. The van der Waals surface area contributed by atoms with Crippen LogP contribution in [0, 0.1) is 0 Å². The van der Waals surface area contributed by atoms with E-state index >= 15 is 0 Å². The molecule has 3 N–H and O–H groups in total. The molecule has 0 aliphatic rings. The summed E-state index contributed by atoms with van der Waals surface area (Å²) in [6, 6.07) is 9.25. The highest BCUT2D eigenvalue weighted by Gasteiger charge is 2.20. The third-order valence-corrected chi connectivity index (χ3v) is 6.50. The molecule has 4 rings (SSSR count). The van der Waals surface area contributed by atoms with Crippen molar-refractivity contribution < 1.29 is 0 Å². The van der Waals surface area contributed by atoms with Gasteiger partial charge in [0.2, 0.25) is 0 Å². The molecule has 1 unspecified atom stereocenters. The number of aryl methyl sites for hydroxylation is 1. The Kier molecular flexibility index (Phi) is 8.55. The van der Waals surface area contributed by atoms with Crippen molar-refractivity contribution in [3.05, 3.63) is 72.0 Å². The summed E-state index contributed by atoms with van der Waals surface area (Å²) < 4.78 is 0. The van der Waals surface area contributed by atoms with Gasteiger partial charge in [0, 0.05) is 42.5 Å². The van der Waals surface area contributed by atoms with E-state index in [0.717, 1.165) is 31.2 Å². The number of aromatic nitrogens is 5. The predicted octanol–water partition coefficient (Wildman–Crippen LogP) is 5.43. The third-order valence-electron chi connectivity index (χ3n) is 6.50. The number of nitrogens with one attached hydrogen (secondary N) is 3. The summed E-state index contributed by atoms with van der Waals surface area (Å²) >= 11 is 0. The summed E-state index contributed by atoms with van der Waals surface area (Å²) in [7, 11) is 0. The van der Waals surface area contributed by atoms with E-state index in [1.54, 1.807) is 0 Å². The molecule has 3 aromatic heterocycles. The van der Waals surface area contributed by atoms with Crippen LogP contribution in [0.15, 0.2) is 49.1 Å². The summed E-state index contributed by atoms with van der Waals surface area (Å²) in [6.45, 7) is 11.9. The molecule has 0 bridgehead atoms. The Morgan fingerprint density at radius 2 is 1.71 bits per heavy atom. The first kappa shape index (κ1) is 24.2. The van der Waals surface area contributed by atoms with Gasteiger partial charge in [-0.3, -0.25) is 4.90 Å². The molecular weight excluding hydrogens is 422 g/mol. The molecule has 0 spiro atoms. The van der Waals surface area contributed by atoms with Crippen LogP contribution < -0.4 is 0 Å². The van der Waals surface area contributed by atoms with Crippen LogP contribution in [0.5, 0.6) is 0 Å². The van der Waals surface area contributed by atoms with Crippen LogP contribution >= 0.6 is 0 Å². The second-order valence-electron chi connectivity index (χ2n) is 9.25. The van der Waals surface area contributed by atoms with Gasteiger partial charge in [0.25, 0.3) is 0 Å². The van der Waals surface area contributed by atoms with Gasteiger partial charge in [-0.05, 0) is 81.4 Å². The fourth-order valence-electron chi connectivity index (χ4n) is 4.76. The molecule has 7 heteroatoms. The van der Waals surface area contributed by atoms with Crippen LogP contribution in [0.2, 0.25) is 0 Å². The first-order chi connectivity index (χ1) is 16.7. The number of fused-ring (bicyclic) bond motifs is 1. The van der Waals surface area contributed by atoms with Crippen molar-refractivity contribution in [3.8, 4) is 0 Å². The number of benzene rings is 1. The van der Waals surface area contributed by atoms with Crippen molar-refractivity contribution in [2.24, 2.45) is 0 Å². The molecule has 0 radical (unpaired) electrons. The van der Waals surface area contributed by atoms with Gasteiger partial charge >= 0.3 is 0 Å². The van der Waals surface area contributed by atoms with Gasteiger partial charge in [-0.25, -0.2) is 9.97 Å². The lowest BCUT2D eigenvalue weighted by molar-refractivity contribution is 0.181. The van der Waals surface area contributed by atoms with Gasteiger partial charge < -0.3 is 19.9 Å². The second kappa shape index (κ2) is 12.0. The zero-order chi connectivity index (χ0) is 23.8. The van der Waals surface area contributed by atoms with E-state index in [1.165, 1.54) is 61.1 Å². The molecule has 0 saturated heterocycles. The molecule has 0 aliphatic carbocycles. The number of imidazole rings is 2. The van der Waals surface area contributed by atoms with E-state index in [2.05, 4.69) is 79.8 Å². The number of aromatic amines is 3. The molecule has 0 fully saturated rings. The lowest BCUT2D eigenvalue weighted by Gasteiger charge is -2.27. The van der Waals surface area contributed by atoms with Gasteiger partial charge in [-0.15, -0.1) is 0 Å². The summed E-state index contributed by atoms with van der Waals surface area (Å²) in [5.41, 5.74) is 3.84. The molecule has 4 aromatic rings. The number of rotatable bonds is 14. The van der Waals surface area contributed by atoms with Crippen molar-refractivity contribution in [1.29, 1.82) is 0 Å². The molecule has 34 heavy (non-hydrogen) atoms. The molecule has 0 amide bonds. The fourth-order valence-corrected chi connectivity index (χ4v) is 4.76. The lowest BCUT2D eigenvalue weighted by atomic mass is 10.1. The average molecular weight is 462 g/mol. The lowest BCUT2D eigenvalue weighted by Crippen LogP contribution is -2.27. The van der Waals surface area contributed by atoms with E-state index in [0.29, 0.717) is 0 Å². The number of nitrogens with zero attached hydrogens (tertiary/aromatic N) is 4. The van der Waals surface area contributed by atoms with Gasteiger partial charge in [0.15, 0.2) is 0 Å². The summed E-state index contributed by atoms with van der Waals surface area (Å²) in [4.78, 5) is 24.1. The van der Waals surface area contributed by atoms with Crippen molar-refractivity contribution in [2.75, 3.05) is 19.6 Å². The summed E-state index contributed by atoms with van der Waals surface area (Å²) in [5.74, 6) is 1.93. The largest absolute Gasteiger partial charge is 0.358 e. The summed E-state index contributed by atoms with van der Waals surface area (Å²) in [6.07, 6.45) is 12.1. The van der Waals surface area contributed by atoms with E-state index in [-0.39, 0.29) is 6.04 Å². The Bertz CT molecular complexity index is 1090. The Labute approximate surface area is 203 Å². The first-order valence-corrected chi connectivity index (χ1v) is 12.7. The molecule has 3 heterocycles. The number of hydrogen-bond donors (Lipinski definition) is 3. The van der Waals surface area contributed by atoms with Crippen molar-refractivity contribution >= 4 is 10.9 Å². The Balaban J connectivity index is 1.43. The Morgan fingerprint density at radius 1 is 0.912 bits per heavy atom. The normalized spacial score (nSPS) is 12.9. The minimum atomic E-state index is 0.145. The first-order valence-electron chi connectivity index (χ1n) is 12.7. The van der Waals surface area contributed by atoms with E-state index in [9.17, 15) is 0 Å². The monoisotopic (exact) mass is 461 g/mol. The molecule has 0 saturated carbocycles. The predicted molar refractivity (Wildman–Crippen MR) is 138 cm³/mol. The third kappa shape index (κ3) is 6.36. The SMILES string of the molecule is CCCN(CCC)CCCc1cc2cc(CN(Cc3ncc[nH]3)C(C)c3ncc[nH]3)ccc2[nH]1. The topological polar surface area (TPSA) is 79.6 Å². The fraction of sp³-hybridized carbons (Fsp3) is 0.481. The van der Waals surface area contributed by atoms with E-state index in [4.69, 9.17) is 0 Å². The molecule has 182 valence electrons. The quantitative estimate of drug-likeness (QED) is 0.234. The van der Waals surface area contributed by atoms with Crippen molar-refractivity contribution in [1.82, 2.24) is 34.7 Å². The highest BCUT2D eigenvalue weighted by molar-refractivity contribution is 5.81. The van der Waals surface area contributed by atoms with Crippen LogP contribution in [0.4, 0.5) is 0 Å². The molecule has 1 aromatic carbocycles. The van der Waals surface area contributed by atoms with Crippen LogP contribution in [0.25, 0.3) is 10.9 Å². The zero-order valence-electron chi connectivity index (χ0n) is 20.8. The minimum Gasteiger partial charge on any atom is -0.358 e. The van der Waals surface area contributed by atoms with E-state index < -0.39 is 0 Å². The van der Waals surface area contributed by atoms with Crippen molar-refractivity contribution in [3.63, 3.8) is 0 Å². The molecule has 1 atom stereocenters. The maximum atomic E-state index is 4.49. The molecule has 7 nitrogen and oxygen atoms in total. The molecular formula is C27H39N7. The van der Waals surface area contributed by atoms with Crippen LogP contribution in [0.3, 0.4) is 0 Å². The highest BCUT2D eigenvalue weighted by atomic mass is 15.2. The zero-order valence-corrected chi connectivity index (χ0v) is 20.8. The van der Waals surface area contributed by atoms with Gasteiger partial charge in [0.1, 0.15) is 11.6 Å². The van der Waals surface area contributed by atoms with Gasteiger partial charge in [-0.2, -0.15) is 0 Å². The van der Waals surface area contributed by atoms with Crippen LogP contribution in [-0.2, 0) is 19.5 Å². The second-order valence-corrected chi connectivity index (χ2v) is 9.25. The maximum Gasteiger partial charge on any atom is 0.123 e. The number of H-pyrrole nitrogens is 3. The standard InChI is InChI=1S/C27H39N7/c1-4-14-33(15-5-2)16-6-7-24-18-23-17-22(8-9-25(23)32-24)19-34(20-26-28-10-11-29-26)21(3)27-30-12-13-31-27/h8-13,17-18,21,32H,4-7,14-16,19-20H2,1-3H3,(H,28,29)(H,30,31). The minimum absolute atomic E-state index is 0.145. The van der Waals surface area contributed by atoms with Gasteiger partial charge in [-0.1, -0.05) is 19.9 Å². The van der Waals surface area contributed by atoms with Crippen molar-refractivity contribution in [2.45, 2.75) is 65.6 Å². The molecule has 0 aliphatic heterocycles. The van der Waals surface area contributed by atoms with Crippen LogP contribution in [-0.4, -0.2) is 54.4 Å². The Morgan fingerprint density at radius 3 is 2.41 bits per heavy atom. The summed E-state index contributed by atoms with van der Waals surface area (Å²) in [5, 5.41) is 1.29. The maximum absolute atomic E-state index is 4.49. The smallest absolute Gasteiger partial charge is 0.123 e.